The Morgan fingerprint density at radius 1 is 0.844 bits per heavy atom. The predicted molar refractivity (Wildman–Crippen MR) is 120 cm³/mol. The van der Waals surface area contributed by atoms with Crippen LogP contribution in [0.25, 0.3) is 17.4 Å². The fourth-order valence-corrected chi connectivity index (χ4v) is 3.65. The van der Waals surface area contributed by atoms with Crippen molar-refractivity contribution in [2.45, 2.75) is 13.1 Å². The molecule has 1 aromatic carbocycles. The Labute approximate surface area is 183 Å². The Hall–Kier alpha value is -4.26. The van der Waals surface area contributed by atoms with E-state index in [-0.39, 0.29) is 11.7 Å². The lowest BCUT2D eigenvalue weighted by molar-refractivity contribution is -0.127. The lowest BCUT2D eigenvalue weighted by Crippen LogP contribution is -2.29. The fourth-order valence-electron chi connectivity index (χ4n) is 3.65. The molecule has 6 nitrogen and oxygen atoms in total. The standard InChI is InChI=1S/C25H20FN5O/c26-20-10-7-19(8-11-20)9-12-25(32)29(17-21-15-27-23-5-1-3-13-30(21)23)18-22-16-28-24-6-2-4-14-31(22)24/h1-16H,17-18H2/b12-9+. The van der Waals surface area contributed by atoms with E-state index in [2.05, 4.69) is 9.97 Å². The first kappa shape index (κ1) is 19.7. The van der Waals surface area contributed by atoms with Gasteiger partial charge < -0.3 is 13.7 Å². The largest absolute Gasteiger partial charge is 0.327 e. The van der Waals surface area contributed by atoms with Crippen molar-refractivity contribution in [3.05, 3.63) is 114 Å². The lowest BCUT2D eigenvalue weighted by atomic mass is 10.2. The topological polar surface area (TPSA) is 54.9 Å². The van der Waals surface area contributed by atoms with Crippen molar-refractivity contribution in [3.63, 3.8) is 0 Å². The normalized spacial score (nSPS) is 11.5. The highest BCUT2D eigenvalue weighted by molar-refractivity contribution is 5.91. The predicted octanol–water partition coefficient (Wildman–Crippen LogP) is 4.36. The van der Waals surface area contributed by atoms with E-state index in [1.54, 1.807) is 35.5 Å². The van der Waals surface area contributed by atoms with Gasteiger partial charge in [0.15, 0.2) is 0 Å². The molecule has 0 bridgehead atoms. The van der Waals surface area contributed by atoms with Gasteiger partial charge in [-0.3, -0.25) is 4.79 Å². The van der Waals surface area contributed by atoms with Gasteiger partial charge in [0.1, 0.15) is 17.1 Å². The molecule has 5 aromatic rings. The number of benzene rings is 1. The number of carbonyl (C=O) groups excluding carboxylic acids is 1. The van der Waals surface area contributed by atoms with E-state index in [1.165, 1.54) is 18.2 Å². The number of imidazole rings is 2. The Balaban J connectivity index is 1.46. The molecule has 0 aliphatic carbocycles. The van der Waals surface area contributed by atoms with E-state index in [1.807, 2.05) is 57.6 Å². The summed E-state index contributed by atoms with van der Waals surface area (Å²) in [6.45, 7) is 0.746. The Morgan fingerprint density at radius 2 is 1.41 bits per heavy atom. The van der Waals surface area contributed by atoms with Crippen LogP contribution in [0.5, 0.6) is 0 Å². The number of hydrogen-bond donors (Lipinski definition) is 0. The molecule has 5 rings (SSSR count). The van der Waals surface area contributed by atoms with E-state index in [9.17, 15) is 9.18 Å². The molecule has 0 spiro atoms. The smallest absolute Gasteiger partial charge is 0.247 e. The molecule has 0 aliphatic rings. The number of amides is 1. The van der Waals surface area contributed by atoms with Crippen LogP contribution in [0.3, 0.4) is 0 Å². The van der Waals surface area contributed by atoms with Gasteiger partial charge in [-0.15, -0.1) is 0 Å². The summed E-state index contributed by atoms with van der Waals surface area (Å²) in [6, 6.07) is 17.6. The third-order valence-corrected chi connectivity index (χ3v) is 5.29. The second kappa shape index (κ2) is 8.47. The van der Waals surface area contributed by atoms with Crippen molar-refractivity contribution >= 4 is 23.3 Å². The van der Waals surface area contributed by atoms with Crippen LogP contribution in [-0.2, 0) is 17.9 Å². The molecule has 0 N–H and O–H groups in total. The second-order valence-corrected chi connectivity index (χ2v) is 7.44. The van der Waals surface area contributed by atoms with E-state index in [0.717, 1.165) is 28.2 Å². The minimum Gasteiger partial charge on any atom is -0.327 e. The number of nitrogens with zero attached hydrogens (tertiary/aromatic N) is 5. The molecule has 7 heteroatoms. The Morgan fingerprint density at radius 3 is 1.97 bits per heavy atom. The zero-order valence-electron chi connectivity index (χ0n) is 17.2. The number of pyridine rings is 2. The molecule has 0 saturated heterocycles. The van der Waals surface area contributed by atoms with Gasteiger partial charge in [0.2, 0.25) is 5.91 Å². The van der Waals surface area contributed by atoms with Crippen LogP contribution in [0.15, 0.2) is 91.5 Å². The van der Waals surface area contributed by atoms with Crippen molar-refractivity contribution in [3.8, 4) is 0 Å². The average Bonchev–Trinajstić information content (AvgIpc) is 3.42. The van der Waals surface area contributed by atoms with Crippen LogP contribution in [0.4, 0.5) is 4.39 Å². The summed E-state index contributed by atoms with van der Waals surface area (Å²) in [6.07, 6.45) is 10.6. The molecule has 4 aromatic heterocycles. The first-order chi connectivity index (χ1) is 15.7. The zero-order valence-corrected chi connectivity index (χ0v) is 17.2. The van der Waals surface area contributed by atoms with Crippen molar-refractivity contribution in [1.82, 2.24) is 23.7 Å². The van der Waals surface area contributed by atoms with Crippen LogP contribution in [0.1, 0.15) is 17.0 Å². The van der Waals surface area contributed by atoms with E-state index in [0.29, 0.717) is 13.1 Å². The second-order valence-electron chi connectivity index (χ2n) is 7.44. The van der Waals surface area contributed by atoms with Crippen LogP contribution < -0.4 is 0 Å². The van der Waals surface area contributed by atoms with Gasteiger partial charge in [-0.05, 0) is 48.0 Å². The van der Waals surface area contributed by atoms with Crippen molar-refractivity contribution in [1.29, 1.82) is 0 Å². The van der Waals surface area contributed by atoms with Crippen LogP contribution in [-0.4, -0.2) is 29.6 Å². The SMILES string of the molecule is O=C(/C=C/c1ccc(F)cc1)N(Cc1cnc2ccccn12)Cc1cnc2ccccn12. The van der Waals surface area contributed by atoms with Gasteiger partial charge in [-0.2, -0.15) is 0 Å². The highest BCUT2D eigenvalue weighted by atomic mass is 19.1. The van der Waals surface area contributed by atoms with Crippen molar-refractivity contribution < 1.29 is 9.18 Å². The van der Waals surface area contributed by atoms with Crippen molar-refractivity contribution in [2.75, 3.05) is 0 Å². The Bertz CT molecular complexity index is 1340. The fraction of sp³-hybridized carbons (Fsp3) is 0.0800. The quantitative estimate of drug-likeness (QED) is 0.380. The minimum atomic E-state index is -0.310. The van der Waals surface area contributed by atoms with Gasteiger partial charge in [0, 0.05) is 18.5 Å². The van der Waals surface area contributed by atoms with E-state index in [4.69, 9.17) is 0 Å². The molecule has 4 heterocycles. The molecule has 158 valence electrons. The summed E-state index contributed by atoms with van der Waals surface area (Å²) in [5.74, 6) is -0.471. The number of hydrogen-bond acceptors (Lipinski definition) is 3. The summed E-state index contributed by atoms with van der Waals surface area (Å²) < 4.78 is 17.1. The van der Waals surface area contributed by atoms with Crippen molar-refractivity contribution in [2.24, 2.45) is 0 Å². The van der Waals surface area contributed by atoms with Gasteiger partial charge in [0.05, 0.1) is 36.9 Å². The molecule has 1 amide bonds. The molecule has 0 unspecified atom stereocenters. The lowest BCUT2D eigenvalue weighted by Gasteiger charge is -2.21. The third-order valence-electron chi connectivity index (χ3n) is 5.29. The molecule has 0 atom stereocenters. The van der Waals surface area contributed by atoms with Gasteiger partial charge in [-0.25, -0.2) is 14.4 Å². The maximum Gasteiger partial charge on any atom is 0.247 e. The molecule has 0 fully saturated rings. The highest BCUT2D eigenvalue weighted by Gasteiger charge is 2.17. The van der Waals surface area contributed by atoms with Crippen LogP contribution in [0, 0.1) is 5.82 Å². The minimum absolute atomic E-state index is 0.161. The maximum atomic E-state index is 13.2. The summed E-state index contributed by atoms with van der Waals surface area (Å²) in [5.41, 5.74) is 4.21. The molecule has 0 saturated carbocycles. The molecular formula is C25H20FN5O. The first-order valence-electron chi connectivity index (χ1n) is 10.2. The van der Waals surface area contributed by atoms with Gasteiger partial charge in [0.25, 0.3) is 0 Å². The summed E-state index contributed by atoms with van der Waals surface area (Å²) in [7, 11) is 0. The third kappa shape index (κ3) is 4.00. The van der Waals surface area contributed by atoms with E-state index < -0.39 is 0 Å². The number of fused-ring (bicyclic) bond motifs is 2. The first-order valence-corrected chi connectivity index (χ1v) is 10.2. The Kier molecular flexibility index (Phi) is 5.21. The monoisotopic (exact) mass is 425 g/mol. The van der Waals surface area contributed by atoms with Gasteiger partial charge in [-0.1, -0.05) is 24.3 Å². The van der Waals surface area contributed by atoms with E-state index >= 15 is 0 Å². The zero-order chi connectivity index (χ0) is 21.9. The highest BCUT2D eigenvalue weighted by Crippen LogP contribution is 2.15. The number of aromatic nitrogens is 4. The molecular weight excluding hydrogens is 405 g/mol. The van der Waals surface area contributed by atoms with Crippen LogP contribution >= 0.6 is 0 Å². The van der Waals surface area contributed by atoms with Crippen LogP contribution in [0.2, 0.25) is 0 Å². The molecule has 0 radical (unpaired) electrons. The average molecular weight is 425 g/mol. The molecule has 0 aliphatic heterocycles. The summed E-state index contributed by atoms with van der Waals surface area (Å²) in [4.78, 5) is 23.8. The number of halogens is 1. The summed E-state index contributed by atoms with van der Waals surface area (Å²) >= 11 is 0. The number of carbonyl (C=O) groups is 1. The number of rotatable bonds is 6. The summed E-state index contributed by atoms with van der Waals surface area (Å²) in [5, 5.41) is 0. The maximum absolute atomic E-state index is 13.2. The molecule has 32 heavy (non-hydrogen) atoms. The van der Waals surface area contributed by atoms with Gasteiger partial charge >= 0.3 is 0 Å².